The Morgan fingerprint density at radius 3 is 2.16 bits per heavy atom. The summed E-state index contributed by atoms with van der Waals surface area (Å²) >= 11 is 0. The first-order valence-electron chi connectivity index (χ1n) is 10.8. The molecule has 0 aliphatic heterocycles. The minimum atomic E-state index is 0.00334. The van der Waals surface area contributed by atoms with Crippen molar-refractivity contribution < 1.29 is 0 Å². The molecule has 0 atom stereocenters. The van der Waals surface area contributed by atoms with Crippen molar-refractivity contribution in [2.45, 2.75) is 19.3 Å². The molecule has 4 aromatic carbocycles. The van der Waals surface area contributed by atoms with Crippen molar-refractivity contribution >= 4 is 10.9 Å². The maximum absolute atomic E-state index is 5.00. The Bertz CT molecular complexity index is 1440. The quantitative estimate of drug-likeness (QED) is 0.295. The SMILES string of the molecule is CC1(C)c2ccccc2-c2ccc(-c3ccc4cc(-c5ccccc5)ccc4n3)cc21. The zero-order valence-corrected chi connectivity index (χ0v) is 17.8. The lowest BCUT2D eigenvalue weighted by Crippen LogP contribution is -2.14. The minimum absolute atomic E-state index is 0.00334. The molecule has 0 radical (unpaired) electrons. The van der Waals surface area contributed by atoms with Crippen molar-refractivity contribution in [3.8, 4) is 33.5 Å². The van der Waals surface area contributed by atoms with E-state index in [4.69, 9.17) is 4.98 Å². The Morgan fingerprint density at radius 2 is 1.29 bits per heavy atom. The van der Waals surface area contributed by atoms with E-state index >= 15 is 0 Å². The summed E-state index contributed by atoms with van der Waals surface area (Å²) < 4.78 is 0. The van der Waals surface area contributed by atoms with Crippen LogP contribution in [0.4, 0.5) is 0 Å². The lowest BCUT2D eigenvalue weighted by Gasteiger charge is -2.21. The Morgan fingerprint density at radius 1 is 0.548 bits per heavy atom. The predicted molar refractivity (Wildman–Crippen MR) is 130 cm³/mol. The molecule has 1 heterocycles. The van der Waals surface area contributed by atoms with E-state index < -0.39 is 0 Å². The zero-order valence-electron chi connectivity index (χ0n) is 17.8. The fourth-order valence-electron chi connectivity index (χ4n) is 4.96. The second kappa shape index (κ2) is 6.65. The molecule has 6 rings (SSSR count). The Labute approximate surface area is 183 Å². The van der Waals surface area contributed by atoms with E-state index in [2.05, 4.69) is 117 Å². The van der Waals surface area contributed by atoms with Gasteiger partial charge < -0.3 is 0 Å². The first-order valence-corrected chi connectivity index (χ1v) is 10.8. The van der Waals surface area contributed by atoms with Crippen LogP contribution in [0.15, 0.2) is 103 Å². The number of pyridine rings is 1. The van der Waals surface area contributed by atoms with Crippen LogP contribution in [-0.4, -0.2) is 4.98 Å². The number of fused-ring (bicyclic) bond motifs is 4. The Balaban J connectivity index is 1.43. The summed E-state index contributed by atoms with van der Waals surface area (Å²) in [6.07, 6.45) is 0. The molecule has 0 amide bonds. The fourth-order valence-corrected chi connectivity index (χ4v) is 4.96. The van der Waals surface area contributed by atoms with Gasteiger partial charge >= 0.3 is 0 Å². The lowest BCUT2D eigenvalue weighted by atomic mass is 9.82. The average Bonchev–Trinajstić information content (AvgIpc) is 3.06. The fraction of sp³-hybridized carbons (Fsp3) is 0.100. The van der Waals surface area contributed by atoms with Crippen LogP contribution in [0.1, 0.15) is 25.0 Å². The third-order valence-electron chi connectivity index (χ3n) is 6.68. The molecule has 31 heavy (non-hydrogen) atoms. The lowest BCUT2D eigenvalue weighted by molar-refractivity contribution is 0.660. The van der Waals surface area contributed by atoms with E-state index in [9.17, 15) is 0 Å². The van der Waals surface area contributed by atoms with Crippen LogP contribution in [0.5, 0.6) is 0 Å². The van der Waals surface area contributed by atoms with E-state index in [-0.39, 0.29) is 5.41 Å². The summed E-state index contributed by atoms with van der Waals surface area (Å²) in [5.74, 6) is 0. The molecule has 1 nitrogen and oxygen atoms in total. The van der Waals surface area contributed by atoms with Gasteiger partial charge in [0.2, 0.25) is 0 Å². The summed E-state index contributed by atoms with van der Waals surface area (Å²) in [4.78, 5) is 5.00. The molecule has 0 bridgehead atoms. The van der Waals surface area contributed by atoms with Crippen LogP contribution in [0, 0.1) is 0 Å². The van der Waals surface area contributed by atoms with Crippen molar-refractivity contribution in [1.29, 1.82) is 0 Å². The van der Waals surface area contributed by atoms with Gasteiger partial charge in [-0.3, -0.25) is 0 Å². The predicted octanol–water partition coefficient (Wildman–Crippen LogP) is 7.88. The maximum atomic E-state index is 5.00. The van der Waals surface area contributed by atoms with Gasteiger partial charge in [0.15, 0.2) is 0 Å². The molecular weight excluding hydrogens is 374 g/mol. The van der Waals surface area contributed by atoms with Gasteiger partial charge in [-0.15, -0.1) is 0 Å². The largest absolute Gasteiger partial charge is 0.248 e. The molecule has 0 saturated heterocycles. The molecular formula is C30H23N. The van der Waals surface area contributed by atoms with Gasteiger partial charge in [0.25, 0.3) is 0 Å². The molecule has 0 N–H and O–H groups in total. The molecule has 0 spiro atoms. The van der Waals surface area contributed by atoms with Crippen molar-refractivity contribution in [3.63, 3.8) is 0 Å². The number of hydrogen-bond donors (Lipinski definition) is 0. The smallest absolute Gasteiger partial charge is 0.0709 e. The highest BCUT2D eigenvalue weighted by Crippen LogP contribution is 2.49. The summed E-state index contributed by atoms with van der Waals surface area (Å²) in [7, 11) is 0. The van der Waals surface area contributed by atoms with Crippen LogP contribution in [-0.2, 0) is 5.41 Å². The molecule has 1 heteroatoms. The van der Waals surface area contributed by atoms with Crippen molar-refractivity contribution in [3.05, 3.63) is 114 Å². The van der Waals surface area contributed by atoms with Crippen molar-refractivity contribution in [2.24, 2.45) is 0 Å². The first kappa shape index (κ1) is 18.1. The second-order valence-corrected chi connectivity index (χ2v) is 8.90. The number of benzene rings is 4. The van der Waals surface area contributed by atoms with Crippen molar-refractivity contribution in [2.75, 3.05) is 0 Å². The summed E-state index contributed by atoms with van der Waals surface area (Å²) in [5.41, 5.74) is 11.2. The van der Waals surface area contributed by atoms with Gasteiger partial charge in [0.1, 0.15) is 0 Å². The molecule has 5 aromatic rings. The highest BCUT2D eigenvalue weighted by atomic mass is 14.7. The highest BCUT2D eigenvalue weighted by Gasteiger charge is 2.35. The van der Waals surface area contributed by atoms with Gasteiger partial charge in [-0.1, -0.05) is 92.7 Å². The highest BCUT2D eigenvalue weighted by molar-refractivity contribution is 5.87. The molecule has 148 valence electrons. The van der Waals surface area contributed by atoms with Crippen LogP contribution >= 0.6 is 0 Å². The number of nitrogens with zero attached hydrogens (tertiary/aromatic N) is 1. The molecule has 1 aliphatic rings. The standard InChI is InChI=1S/C30H23N/c1-30(2)26-11-7-6-10-24(26)25-15-12-23(19-27(25)30)29-17-14-22-18-21(13-16-28(22)31-29)20-8-4-3-5-9-20/h3-19H,1-2H3. The second-order valence-electron chi connectivity index (χ2n) is 8.90. The monoisotopic (exact) mass is 397 g/mol. The van der Waals surface area contributed by atoms with Crippen LogP contribution in [0.3, 0.4) is 0 Å². The van der Waals surface area contributed by atoms with Gasteiger partial charge in [-0.2, -0.15) is 0 Å². The average molecular weight is 398 g/mol. The van der Waals surface area contributed by atoms with Gasteiger partial charge in [0.05, 0.1) is 11.2 Å². The van der Waals surface area contributed by atoms with Crippen molar-refractivity contribution in [1.82, 2.24) is 4.98 Å². The zero-order chi connectivity index (χ0) is 21.0. The molecule has 0 fully saturated rings. The Kier molecular flexibility index (Phi) is 3.88. The van der Waals surface area contributed by atoms with Crippen LogP contribution in [0.2, 0.25) is 0 Å². The van der Waals surface area contributed by atoms with E-state index in [1.165, 1.54) is 44.3 Å². The Hall–Kier alpha value is -3.71. The number of aromatic nitrogens is 1. The maximum Gasteiger partial charge on any atom is 0.0709 e. The topological polar surface area (TPSA) is 12.9 Å². The summed E-state index contributed by atoms with van der Waals surface area (Å²) in [6, 6.07) is 36.9. The summed E-state index contributed by atoms with van der Waals surface area (Å²) in [6.45, 7) is 4.64. The summed E-state index contributed by atoms with van der Waals surface area (Å²) in [5, 5.41) is 1.17. The van der Waals surface area contributed by atoms with E-state index in [1.54, 1.807) is 0 Å². The van der Waals surface area contributed by atoms with Gasteiger partial charge in [-0.25, -0.2) is 4.98 Å². The molecule has 1 aliphatic carbocycles. The number of rotatable bonds is 2. The third-order valence-corrected chi connectivity index (χ3v) is 6.68. The molecule has 0 unspecified atom stereocenters. The van der Waals surface area contributed by atoms with Gasteiger partial charge in [-0.05, 0) is 57.6 Å². The van der Waals surface area contributed by atoms with E-state index in [0.717, 1.165) is 11.2 Å². The van der Waals surface area contributed by atoms with Crippen LogP contribution in [0.25, 0.3) is 44.4 Å². The van der Waals surface area contributed by atoms with E-state index in [1.807, 2.05) is 0 Å². The van der Waals surface area contributed by atoms with E-state index in [0.29, 0.717) is 0 Å². The minimum Gasteiger partial charge on any atom is -0.248 e. The first-order chi connectivity index (χ1) is 15.1. The van der Waals surface area contributed by atoms with Gasteiger partial charge in [0, 0.05) is 16.4 Å². The molecule has 0 saturated carbocycles. The molecule has 1 aromatic heterocycles. The van der Waals surface area contributed by atoms with Crippen LogP contribution < -0.4 is 0 Å². The normalized spacial score (nSPS) is 13.7. The third kappa shape index (κ3) is 2.81. The number of hydrogen-bond acceptors (Lipinski definition) is 1.